The number of sulfone groups is 1. The van der Waals surface area contributed by atoms with Crippen LogP contribution in [0.1, 0.15) is 0 Å². The Morgan fingerprint density at radius 1 is 1.47 bits per heavy atom. The Morgan fingerprint density at radius 2 is 2.20 bits per heavy atom. The molecule has 0 unspecified atom stereocenters. The average Bonchev–Trinajstić information content (AvgIpc) is 2.69. The zero-order chi connectivity index (χ0) is 11.1. The van der Waals surface area contributed by atoms with E-state index in [4.69, 9.17) is 0 Å². The molecule has 2 aromatic heterocycles. The van der Waals surface area contributed by atoms with Gasteiger partial charge in [0.2, 0.25) is 0 Å². The Labute approximate surface area is 90.5 Å². The summed E-state index contributed by atoms with van der Waals surface area (Å²) in [6, 6.07) is 1.70. The minimum absolute atomic E-state index is 0.292. The van der Waals surface area contributed by atoms with Gasteiger partial charge >= 0.3 is 0 Å². The van der Waals surface area contributed by atoms with E-state index in [1.807, 2.05) is 0 Å². The highest BCUT2D eigenvalue weighted by atomic mass is 32.2. The molecule has 15 heavy (non-hydrogen) atoms. The van der Waals surface area contributed by atoms with Crippen LogP contribution in [-0.2, 0) is 16.9 Å². The molecule has 0 saturated heterocycles. The van der Waals surface area contributed by atoms with Crippen LogP contribution in [0.3, 0.4) is 0 Å². The average molecular weight is 244 g/mol. The molecule has 0 N–H and O–H groups in total. The summed E-state index contributed by atoms with van der Waals surface area (Å²) in [5.41, 5.74) is 0.551. The molecule has 0 aliphatic heterocycles. The second kappa shape index (κ2) is 3.38. The van der Waals surface area contributed by atoms with Gasteiger partial charge in [0.1, 0.15) is 4.21 Å². The summed E-state index contributed by atoms with van der Waals surface area (Å²) in [4.78, 5) is 0. The summed E-state index contributed by atoms with van der Waals surface area (Å²) in [5.74, 6) is 0.455. The molecular formula is C7H8N4O2S2. The van der Waals surface area contributed by atoms with E-state index in [0.29, 0.717) is 15.6 Å². The van der Waals surface area contributed by atoms with Crippen LogP contribution in [0, 0.1) is 0 Å². The second-order valence-electron chi connectivity index (χ2n) is 3.02. The predicted octanol–water partition coefficient (Wildman–Crippen LogP) is 0.342. The number of tetrazole rings is 1. The molecular weight excluding hydrogens is 236 g/mol. The van der Waals surface area contributed by atoms with Crippen LogP contribution in [-0.4, -0.2) is 34.9 Å². The summed E-state index contributed by atoms with van der Waals surface area (Å²) in [6.07, 6.45) is 1.17. The lowest BCUT2D eigenvalue weighted by Gasteiger charge is -1.99. The van der Waals surface area contributed by atoms with E-state index in [0.717, 1.165) is 0 Å². The molecule has 0 atom stereocenters. The molecule has 0 aliphatic rings. The Bertz CT molecular complexity index is 584. The minimum atomic E-state index is -3.22. The summed E-state index contributed by atoms with van der Waals surface area (Å²) >= 11 is 1.17. The number of aryl methyl sites for hydroxylation is 1. The normalized spacial score (nSPS) is 11.9. The molecule has 0 saturated carbocycles. The van der Waals surface area contributed by atoms with Crippen molar-refractivity contribution in [1.82, 2.24) is 20.2 Å². The van der Waals surface area contributed by atoms with Crippen LogP contribution in [0.25, 0.3) is 11.4 Å². The van der Waals surface area contributed by atoms with Gasteiger partial charge in [0, 0.05) is 13.3 Å². The van der Waals surface area contributed by atoms with Crippen LogP contribution >= 0.6 is 11.3 Å². The number of hydrogen-bond donors (Lipinski definition) is 0. The molecule has 80 valence electrons. The highest BCUT2D eigenvalue weighted by molar-refractivity contribution is 7.92. The van der Waals surface area contributed by atoms with Gasteiger partial charge in [-0.05, 0) is 21.9 Å². The highest BCUT2D eigenvalue weighted by Crippen LogP contribution is 2.29. The number of thiophene rings is 1. The fraction of sp³-hybridized carbons (Fsp3) is 0.286. The Morgan fingerprint density at radius 3 is 2.73 bits per heavy atom. The Balaban J connectivity index is 2.66. The van der Waals surface area contributed by atoms with Gasteiger partial charge in [-0.3, -0.25) is 0 Å². The second-order valence-corrected chi connectivity index (χ2v) is 6.15. The van der Waals surface area contributed by atoms with Gasteiger partial charge in [0.05, 0.1) is 5.56 Å². The first-order valence-corrected chi connectivity index (χ1v) is 6.77. The molecule has 0 fully saturated rings. The number of rotatable bonds is 2. The Kier molecular flexibility index (Phi) is 2.31. The van der Waals surface area contributed by atoms with Crippen LogP contribution in [0.5, 0.6) is 0 Å². The maximum Gasteiger partial charge on any atom is 0.185 e. The van der Waals surface area contributed by atoms with Gasteiger partial charge in [-0.1, -0.05) is 0 Å². The quantitative estimate of drug-likeness (QED) is 0.761. The first kappa shape index (κ1) is 10.2. The third kappa shape index (κ3) is 1.77. The van der Waals surface area contributed by atoms with Gasteiger partial charge in [0.25, 0.3) is 0 Å². The van der Waals surface area contributed by atoms with Crippen molar-refractivity contribution in [3.63, 3.8) is 0 Å². The van der Waals surface area contributed by atoms with Crippen LogP contribution in [0.2, 0.25) is 0 Å². The smallest absolute Gasteiger partial charge is 0.185 e. The van der Waals surface area contributed by atoms with E-state index in [2.05, 4.69) is 15.5 Å². The lowest BCUT2D eigenvalue weighted by atomic mass is 10.3. The first-order chi connectivity index (χ1) is 7.00. The van der Waals surface area contributed by atoms with Crippen LogP contribution in [0.15, 0.2) is 15.7 Å². The SMILES string of the molecule is Cn1nnnc1-c1ccsc1S(C)(=O)=O. The molecule has 0 radical (unpaired) electrons. The number of aromatic nitrogens is 4. The highest BCUT2D eigenvalue weighted by Gasteiger charge is 2.19. The van der Waals surface area contributed by atoms with Crippen molar-refractivity contribution in [2.24, 2.45) is 7.05 Å². The molecule has 2 heterocycles. The fourth-order valence-corrected chi connectivity index (χ4v) is 3.24. The molecule has 0 bridgehead atoms. The van der Waals surface area contributed by atoms with Crippen molar-refractivity contribution in [2.45, 2.75) is 4.21 Å². The van der Waals surface area contributed by atoms with Gasteiger partial charge < -0.3 is 0 Å². The van der Waals surface area contributed by atoms with Crippen molar-refractivity contribution in [2.75, 3.05) is 6.26 Å². The van der Waals surface area contributed by atoms with E-state index < -0.39 is 9.84 Å². The largest absolute Gasteiger partial charge is 0.228 e. The molecule has 0 aromatic carbocycles. The van der Waals surface area contributed by atoms with E-state index in [1.54, 1.807) is 18.5 Å². The monoisotopic (exact) mass is 244 g/mol. The molecule has 0 amide bonds. The number of hydrogen-bond acceptors (Lipinski definition) is 6. The molecule has 0 spiro atoms. The Hall–Kier alpha value is -1.28. The maximum absolute atomic E-state index is 11.5. The third-order valence-electron chi connectivity index (χ3n) is 1.83. The summed E-state index contributed by atoms with van der Waals surface area (Å²) in [5, 5.41) is 12.6. The molecule has 2 aromatic rings. The van der Waals surface area contributed by atoms with Crippen molar-refractivity contribution in [1.29, 1.82) is 0 Å². The third-order valence-corrected chi connectivity index (χ3v) is 4.62. The van der Waals surface area contributed by atoms with Crippen molar-refractivity contribution in [3.8, 4) is 11.4 Å². The molecule has 0 aliphatic carbocycles. The van der Waals surface area contributed by atoms with Crippen molar-refractivity contribution in [3.05, 3.63) is 11.4 Å². The van der Waals surface area contributed by atoms with Crippen molar-refractivity contribution >= 4 is 21.2 Å². The van der Waals surface area contributed by atoms with Gasteiger partial charge in [0.15, 0.2) is 15.7 Å². The van der Waals surface area contributed by atoms with Crippen molar-refractivity contribution < 1.29 is 8.42 Å². The van der Waals surface area contributed by atoms with Gasteiger partial charge in [-0.25, -0.2) is 13.1 Å². The topological polar surface area (TPSA) is 77.7 Å². The molecule has 2 rings (SSSR count). The predicted molar refractivity (Wildman–Crippen MR) is 55.2 cm³/mol. The maximum atomic E-state index is 11.5. The summed E-state index contributed by atoms with van der Waals surface area (Å²) in [7, 11) is -1.56. The summed E-state index contributed by atoms with van der Waals surface area (Å²) in [6.45, 7) is 0. The standard InChI is InChI=1S/C7H8N4O2S2/c1-11-6(8-9-10-11)5-3-4-14-7(5)15(2,12)13/h3-4H,1-2H3. The summed E-state index contributed by atoms with van der Waals surface area (Å²) < 4.78 is 24.6. The van der Waals surface area contributed by atoms with Crippen LogP contribution < -0.4 is 0 Å². The zero-order valence-corrected chi connectivity index (χ0v) is 9.71. The fourth-order valence-electron chi connectivity index (χ4n) is 1.21. The van der Waals surface area contributed by atoms with E-state index >= 15 is 0 Å². The first-order valence-electron chi connectivity index (χ1n) is 4.00. The van der Waals surface area contributed by atoms with Gasteiger partial charge in [-0.15, -0.1) is 16.4 Å². The van der Waals surface area contributed by atoms with Crippen LogP contribution in [0.4, 0.5) is 0 Å². The zero-order valence-electron chi connectivity index (χ0n) is 8.08. The molecule has 6 nitrogen and oxygen atoms in total. The van der Waals surface area contributed by atoms with Gasteiger partial charge in [-0.2, -0.15) is 0 Å². The number of nitrogens with zero attached hydrogens (tertiary/aromatic N) is 4. The lowest BCUT2D eigenvalue weighted by Crippen LogP contribution is -1.99. The molecule has 8 heteroatoms. The van der Waals surface area contributed by atoms with E-state index in [1.165, 1.54) is 22.3 Å². The minimum Gasteiger partial charge on any atom is -0.228 e. The van der Waals surface area contributed by atoms with E-state index in [9.17, 15) is 8.42 Å². The van der Waals surface area contributed by atoms with E-state index in [-0.39, 0.29) is 0 Å². The lowest BCUT2D eigenvalue weighted by molar-refractivity contribution is 0.604.